The second kappa shape index (κ2) is 7.85. The SMILES string of the molecule is CCNCCCNCc1ccc(Br)cc1. The van der Waals surface area contributed by atoms with Crippen molar-refractivity contribution in [2.24, 2.45) is 0 Å². The Kier molecular flexibility index (Phi) is 6.64. The maximum Gasteiger partial charge on any atom is 0.0205 e. The zero-order valence-electron chi connectivity index (χ0n) is 9.22. The van der Waals surface area contributed by atoms with Gasteiger partial charge in [0, 0.05) is 11.0 Å². The summed E-state index contributed by atoms with van der Waals surface area (Å²) in [5.41, 5.74) is 1.33. The summed E-state index contributed by atoms with van der Waals surface area (Å²) in [7, 11) is 0. The summed E-state index contributed by atoms with van der Waals surface area (Å²) in [6.45, 7) is 6.33. The minimum atomic E-state index is 0.958. The Morgan fingerprint density at radius 2 is 1.73 bits per heavy atom. The molecule has 1 aromatic carbocycles. The number of benzene rings is 1. The molecule has 0 aliphatic heterocycles. The van der Waals surface area contributed by atoms with Crippen LogP contribution in [0.15, 0.2) is 28.7 Å². The predicted molar refractivity (Wildman–Crippen MR) is 69.0 cm³/mol. The molecule has 0 saturated heterocycles. The van der Waals surface area contributed by atoms with Gasteiger partial charge in [0.1, 0.15) is 0 Å². The molecule has 15 heavy (non-hydrogen) atoms. The minimum Gasteiger partial charge on any atom is -0.317 e. The molecule has 0 aromatic heterocycles. The van der Waals surface area contributed by atoms with Crippen LogP contribution < -0.4 is 10.6 Å². The first-order valence-corrected chi connectivity index (χ1v) is 6.28. The highest BCUT2D eigenvalue weighted by Gasteiger charge is 1.92. The van der Waals surface area contributed by atoms with Crippen molar-refractivity contribution < 1.29 is 0 Å². The van der Waals surface area contributed by atoms with Gasteiger partial charge >= 0.3 is 0 Å². The number of nitrogens with one attached hydrogen (secondary N) is 2. The van der Waals surface area contributed by atoms with Crippen molar-refractivity contribution >= 4 is 15.9 Å². The van der Waals surface area contributed by atoms with Crippen LogP contribution in [0.25, 0.3) is 0 Å². The summed E-state index contributed by atoms with van der Waals surface area (Å²) < 4.78 is 1.14. The molecule has 0 atom stereocenters. The van der Waals surface area contributed by atoms with E-state index in [0.717, 1.165) is 30.7 Å². The molecule has 2 N–H and O–H groups in total. The first-order valence-electron chi connectivity index (χ1n) is 5.49. The third kappa shape index (κ3) is 5.92. The number of rotatable bonds is 7. The van der Waals surface area contributed by atoms with Crippen molar-refractivity contribution in [2.75, 3.05) is 19.6 Å². The summed E-state index contributed by atoms with van der Waals surface area (Å²) in [5.74, 6) is 0. The van der Waals surface area contributed by atoms with E-state index in [1.165, 1.54) is 12.0 Å². The minimum absolute atomic E-state index is 0.958. The third-order valence-corrected chi connectivity index (χ3v) is 2.73. The molecule has 2 nitrogen and oxygen atoms in total. The summed E-state index contributed by atoms with van der Waals surface area (Å²) >= 11 is 3.43. The van der Waals surface area contributed by atoms with Gasteiger partial charge in [-0.1, -0.05) is 35.0 Å². The fourth-order valence-corrected chi connectivity index (χ4v) is 1.61. The van der Waals surface area contributed by atoms with E-state index < -0.39 is 0 Å². The molecule has 0 spiro atoms. The Hall–Kier alpha value is -0.380. The standard InChI is InChI=1S/C12H19BrN2/c1-2-14-8-3-9-15-10-11-4-6-12(13)7-5-11/h4-7,14-15H,2-3,8-10H2,1H3. The third-order valence-electron chi connectivity index (χ3n) is 2.20. The molecule has 84 valence electrons. The fourth-order valence-electron chi connectivity index (χ4n) is 1.35. The Labute approximate surface area is 101 Å². The van der Waals surface area contributed by atoms with Crippen molar-refractivity contribution in [3.05, 3.63) is 34.3 Å². The maximum absolute atomic E-state index is 3.43. The van der Waals surface area contributed by atoms with Gasteiger partial charge in [0.15, 0.2) is 0 Å². The Bertz CT molecular complexity index is 259. The number of halogens is 1. The lowest BCUT2D eigenvalue weighted by Crippen LogP contribution is -2.21. The normalized spacial score (nSPS) is 10.5. The molecule has 0 fully saturated rings. The van der Waals surface area contributed by atoms with Crippen LogP contribution in [0.2, 0.25) is 0 Å². The van der Waals surface area contributed by atoms with E-state index in [0.29, 0.717) is 0 Å². The van der Waals surface area contributed by atoms with Crippen molar-refractivity contribution in [3.63, 3.8) is 0 Å². The van der Waals surface area contributed by atoms with Crippen molar-refractivity contribution in [2.45, 2.75) is 19.9 Å². The topological polar surface area (TPSA) is 24.1 Å². The Balaban J connectivity index is 2.07. The van der Waals surface area contributed by atoms with Gasteiger partial charge < -0.3 is 10.6 Å². The van der Waals surface area contributed by atoms with E-state index in [9.17, 15) is 0 Å². The predicted octanol–water partition coefficient (Wildman–Crippen LogP) is 2.54. The van der Waals surface area contributed by atoms with Crippen LogP contribution in [0.5, 0.6) is 0 Å². The zero-order chi connectivity index (χ0) is 10.9. The van der Waals surface area contributed by atoms with Gasteiger partial charge in [-0.2, -0.15) is 0 Å². The lowest BCUT2D eigenvalue weighted by Gasteiger charge is -2.05. The molecular formula is C12H19BrN2. The van der Waals surface area contributed by atoms with Crippen molar-refractivity contribution in [3.8, 4) is 0 Å². The van der Waals surface area contributed by atoms with Crippen LogP contribution in [0.3, 0.4) is 0 Å². The van der Waals surface area contributed by atoms with Gasteiger partial charge in [0.25, 0.3) is 0 Å². The van der Waals surface area contributed by atoms with E-state index in [4.69, 9.17) is 0 Å². The molecule has 0 heterocycles. The van der Waals surface area contributed by atoms with E-state index in [1.807, 2.05) is 0 Å². The molecule has 0 aliphatic rings. The first kappa shape index (κ1) is 12.7. The first-order chi connectivity index (χ1) is 7.33. The van der Waals surface area contributed by atoms with E-state index in [-0.39, 0.29) is 0 Å². The fraction of sp³-hybridized carbons (Fsp3) is 0.500. The summed E-state index contributed by atoms with van der Waals surface area (Å²) in [5, 5.41) is 6.73. The van der Waals surface area contributed by atoms with Crippen LogP contribution in [-0.4, -0.2) is 19.6 Å². The van der Waals surface area contributed by atoms with Gasteiger partial charge in [-0.25, -0.2) is 0 Å². The lowest BCUT2D eigenvalue weighted by atomic mass is 10.2. The average Bonchev–Trinajstić information content (AvgIpc) is 2.26. The van der Waals surface area contributed by atoms with Crippen molar-refractivity contribution in [1.82, 2.24) is 10.6 Å². The molecule has 1 rings (SSSR count). The van der Waals surface area contributed by atoms with E-state index in [2.05, 4.69) is 57.8 Å². The van der Waals surface area contributed by atoms with Gasteiger partial charge in [-0.15, -0.1) is 0 Å². The second-order valence-corrected chi connectivity index (χ2v) is 4.43. The molecule has 0 radical (unpaired) electrons. The Morgan fingerprint density at radius 3 is 2.40 bits per heavy atom. The molecule has 0 aliphatic carbocycles. The van der Waals surface area contributed by atoms with Gasteiger partial charge in [0.2, 0.25) is 0 Å². The summed E-state index contributed by atoms with van der Waals surface area (Å²) in [4.78, 5) is 0. The van der Waals surface area contributed by atoms with Gasteiger partial charge in [-0.3, -0.25) is 0 Å². The molecule has 0 saturated carbocycles. The molecule has 3 heteroatoms. The highest BCUT2D eigenvalue weighted by atomic mass is 79.9. The molecule has 1 aromatic rings. The maximum atomic E-state index is 3.43. The van der Waals surface area contributed by atoms with Gasteiger partial charge in [0.05, 0.1) is 0 Å². The smallest absolute Gasteiger partial charge is 0.0205 e. The second-order valence-electron chi connectivity index (χ2n) is 3.51. The molecular weight excluding hydrogens is 252 g/mol. The van der Waals surface area contributed by atoms with Crippen LogP contribution in [0.1, 0.15) is 18.9 Å². The number of hydrogen-bond donors (Lipinski definition) is 2. The molecule has 0 unspecified atom stereocenters. The zero-order valence-corrected chi connectivity index (χ0v) is 10.8. The van der Waals surface area contributed by atoms with Crippen LogP contribution in [0.4, 0.5) is 0 Å². The van der Waals surface area contributed by atoms with Crippen LogP contribution in [-0.2, 0) is 6.54 Å². The van der Waals surface area contributed by atoms with E-state index in [1.54, 1.807) is 0 Å². The highest BCUT2D eigenvalue weighted by molar-refractivity contribution is 9.10. The van der Waals surface area contributed by atoms with Gasteiger partial charge in [-0.05, 0) is 43.8 Å². The van der Waals surface area contributed by atoms with E-state index >= 15 is 0 Å². The highest BCUT2D eigenvalue weighted by Crippen LogP contribution is 2.09. The molecule has 0 amide bonds. The van der Waals surface area contributed by atoms with Crippen LogP contribution >= 0.6 is 15.9 Å². The number of hydrogen-bond acceptors (Lipinski definition) is 2. The monoisotopic (exact) mass is 270 g/mol. The summed E-state index contributed by atoms with van der Waals surface area (Å²) in [6, 6.07) is 8.44. The largest absolute Gasteiger partial charge is 0.317 e. The summed E-state index contributed by atoms with van der Waals surface area (Å²) in [6.07, 6.45) is 1.18. The molecule has 0 bridgehead atoms. The average molecular weight is 271 g/mol. The van der Waals surface area contributed by atoms with Crippen LogP contribution in [0, 0.1) is 0 Å². The van der Waals surface area contributed by atoms with Crippen molar-refractivity contribution in [1.29, 1.82) is 0 Å². The quantitative estimate of drug-likeness (QED) is 0.745. The lowest BCUT2D eigenvalue weighted by molar-refractivity contribution is 0.606. The Morgan fingerprint density at radius 1 is 1.07 bits per heavy atom.